The lowest BCUT2D eigenvalue weighted by molar-refractivity contribution is 0.0240. The number of ketones is 1. The maximum atomic E-state index is 12.3. The number of benzene rings is 1. The molecular weight excluding hydrogens is 274 g/mol. The van der Waals surface area contributed by atoms with Gasteiger partial charge >= 0.3 is 6.09 Å². The van der Waals surface area contributed by atoms with E-state index in [0.29, 0.717) is 11.4 Å². The summed E-state index contributed by atoms with van der Waals surface area (Å²) in [5.41, 5.74) is -2.17. The number of rotatable bonds is 1. The minimum atomic E-state index is -1.98. The fraction of sp³-hybridized carbons (Fsp3) is 0.467. The molecule has 1 unspecified atom stereocenters. The van der Waals surface area contributed by atoms with E-state index in [0.717, 1.165) is 4.90 Å². The van der Waals surface area contributed by atoms with E-state index in [1.54, 1.807) is 32.9 Å². The molecule has 0 aliphatic carbocycles. The van der Waals surface area contributed by atoms with Gasteiger partial charge in [-0.1, -0.05) is 0 Å². The molecule has 1 amide bonds. The second-order valence-electron chi connectivity index (χ2n) is 6.05. The van der Waals surface area contributed by atoms with E-state index in [4.69, 9.17) is 9.47 Å². The molecule has 6 heteroatoms. The number of hydrogen-bond donors (Lipinski definition) is 1. The number of carbonyl (C=O) groups is 2. The van der Waals surface area contributed by atoms with Gasteiger partial charge in [0, 0.05) is 0 Å². The zero-order valence-corrected chi connectivity index (χ0v) is 12.8. The van der Waals surface area contributed by atoms with Gasteiger partial charge in [-0.3, -0.25) is 4.79 Å². The van der Waals surface area contributed by atoms with Crippen molar-refractivity contribution >= 4 is 17.6 Å². The van der Waals surface area contributed by atoms with E-state index in [9.17, 15) is 14.7 Å². The average Bonchev–Trinajstić information content (AvgIpc) is 2.55. The van der Waals surface area contributed by atoms with Crippen LogP contribution in [0, 0.1) is 0 Å². The number of anilines is 1. The highest BCUT2D eigenvalue weighted by molar-refractivity contribution is 6.18. The van der Waals surface area contributed by atoms with Gasteiger partial charge in [0.2, 0.25) is 11.5 Å². The van der Waals surface area contributed by atoms with Crippen molar-refractivity contribution in [2.75, 3.05) is 12.0 Å². The molecule has 0 radical (unpaired) electrons. The van der Waals surface area contributed by atoms with E-state index < -0.39 is 23.2 Å². The summed E-state index contributed by atoms with van der Waals surface area (Å²) in [6.07, 6.45) is -0.773. The SMILES string of the molecule is COc1ccc2c(c1)C(=O)C(C)(O)N2C(=O)OC(C)(C)C. The zero-order valence-electron chi connectivity index (χ0n) is 12.8. The highest BCUT2D eigenvalue weighted by Crippen LogP contribution is 2.40. The zero-order chi connectivity index (χ0) is 16.0. The van der Waals surface area contributed by atoms with Crippen molar-refractivity contribution in [2.45, 2.75) is 39.0 Å². The van der Waals surface area contributed by atoms with Gasteiger partial charge in [0.25, 0.3) is 0 Å². The first-order chi connectivity index (χ1) is 9.58. The molecule has 1 aliphatic heterocycles. The van der Waals surface area contributed by atoms with Gasteiger partial charge < -0.3 is 14.6 Å². The Morgan fingerprint density at radius 2 is 1.95 bits per heavy atom. The van der Waals surface area contributed by atoms with Crippen molar-refractivity contribution in [3.8, 4) is 5.75 Å². The first-order valence-corrected chi connectivity index (χ1v) is 6.56. The first kappa shape index (κ1) is 15.3. The topological polar surface area (TPSA) is 76.1 Å². The van der Waals surface area contributed by atoms with E-state index in [-0.39, 0.29) is 5.56 Å². The van der Waals surface area contributed by atoms with Crippen LogP contribution in [0.4, 0.5) is 10.5 Å². The molecule has 2 rings (SSSR count). The van der Waals surface area contributed by atoms with Gasteiger partial charge in [0.05, 0.1) is 18.4 Å². The van der Waals surface area contributed by atoms with Gasteiger partial charge in [0.15, 0.2) is 0 Å². The highest BCUT2D eigenvalue weighted by atomic mass is 16.6. The summed E-state index contributed by atoms with van der Waals surface area (Å²) in [7, 11) is 1.48. The lowest BCUT2D eigenvalue weighted by Gasteiger charge is -2.31. The summed E-state index contributed by atoms with van der Waals surface area (Å²) in [6.45, 7) is 6.41. The number of amides is 1. The maximum Gasteiger partial charge on any atom is 0.417 e. The summed E-state index contributed by atoms with van der Waals surface area (Å²) in [4.78, 5) is 25.6. The van der Waals surface area contributed by atoms with E-state index in [1.807, 2.05) is 0 Å². The number of nitrogens with zero attached hydrogens (tertiary/aromatic N) is 1. The largest absolute Gasteiger partial charge is 0.497 e. The highest BCUT2D eigenvalue weighted by Gasteiger charge is 2.51. The van der Waals surface area contributed by atoms with Crippen LogP contribution in [0.25, 0.3) is 0 Å². The summed E-state index contributed by atoms with van der Waals surface area (Å²) in [6, 6.07) is 4.67. The number of ether oxygens (including phenoxy) is 2. The molecule has 1 heterocycles. The van der Waals surface area contributed by atoms with Gasteiger partial charge in [0.1, 0.15) is 11.4 Å². The quantitative estimate of drug-likeness (QED) is 0.860. The standard InChI is InChI=1S/C15H19NO5/c1-14(2,3)21-13(18)16-11-7-6-9(20-5)8-10(11)12(17)15(16,4)19/h6-8,19H,1-5H3. The summed E-state index contributed by atoms with van der Waals surface area (Å²) < 4.78 is 10.3. The molecule has 1 aromatic carbocycles. The molecule has 1 N–H and O–H groups in total. The van der Waals surface area contributed by atoms with Crippen LogP contribution in [0.5, 0.6) is 5.75 Å². The number of fused-ring (bicyclic) bond motifs is 1. The van der Waals surface area contributed by atoms with Crippen molar-refractivity contribution in [1.82, 2.24) is 0 Å². The molecule has 1 aromatic rings. The van der Waals surface area contributed by atoms with Crippen molar-refractivity contribution in [2.24, 2.45) is 0 Å². The summed E-state index contributed by atoms with van der Waals surface area (Å²) in [5, 5.41) is 10.4. The van der Waals surface area contributed by atoms with Crippen LogP contribution in [0.2, 0.25) is 0 Å². The fourth-order valence-corrected chi connectivity index (χ4v) is 2.19. The second-order valence-corrected chi connectivity index (χ2v) is 6.05. The lowest BCUT2D eigenvalue weighted by Crippen LogP contribution is -2.52. The first-order valence-electron chi connectivity index (χ1n) is 6.56. The molecule has 0 saturated carbocycles. The van der Waals surface area contributed by atoms with Crippen molar-refractivity contribution < 1.29 is 24.2 Å². The molecule has 21 heavy (non-hydrogen) atoms. The number of carbonyl (C=O) groups excluding carboxylic acids is 2. The maximum absolute atomic E-state index is 12.3. The number of aliphatic hydroxyl groups is 1. The Kier molecular flexibility index (Phi) is 3.45. The monoisotopic (exact) mass is 293 g/mol. The predicted octanol–water partition coefficient (Wildman–Crippen LogP) is 2.34. The van der Waals surface area contributed by atoms with Crippen LogP contribution >= 0.6 is 0 Å². The van der Waals surface area contributed by atoms with Gasteiger partial charge in [-0.15, -0.1) is 0 Å². The lowest BCUT2D eigenvalue weighted by atomic mass is 10.1. The van der Waals surface area contributed by atoms with Crippen LogP contribution < -0.4 is 9.64 Å². The third kappa shape index (κ3) is 2.58. The van der Waals surface area contributed by atoms with Crippen molar-refractivity contribution in [1.29, 1.82) is 0 Å². The molecule has 0 spiro atoms. The van der Waals surface area contributed by atoms with Crippen molar-refractivity contribution in [3.05, 3.63) is 23.8 Å². The molecular formula is C15H19NO5. The molecule has 6 nitrogen and oxygen atoms in total. The minimum Gasteiger partial charge on any atom is -0.497 e. The van der Waals surface area contributed by atoms with Crippen LogP contribution in [-0.4, -0.2) is 35.4 Å². The number of methoxy groups -OCH3 is 1. The minimum absolute atomic E-state index is 0.227. The third-order valence-corrected chi connectivity index (χ3v) is 3.13. The van der Waals surface area contributed by atoms with Crippen LogP contribution in [-0.2, 0) is 4.74 Å². The summed E-state index contributed by atoms with van der Waals surface area (Å²) >= 11 is 0. The Balaban J connectivity index is 2.48. The number of hydrogen-bond acceptors (Lipinski definition) is 5. The van der Waals surface area contributed by atoms with Gasteiger partial charge in [-0.05, 0) is 45.9 Å². The normalized spacial score (nSPS) is 21.2. The molecule has 1 atom stereocenters. The third-order valence-electron chi connectivity index (χ3n) is 3.13. The Labute approximate surface area is 123 Å². The Hall–Kier alpha value is -2.08. The molecule has 0 fully saturated rings. The van der Waals surface area contributed by atoms with E-state index in [1.165, 1.54) is 20.1 Å². The Bertz CT molecular complexity index is 601. The van der Waals surface area contributed by atoms with Crippen molar-refractivity contribution in [3.63, 3.8) is 0 Å². The van der Waals surface area contributed by atoms with Crippen LogP contribution in [0.15, 0.2) is 18.2 Å². The molecule has 0 aromatic heterocycles. The van der Waals surface area contributed by atoms with Gasteiger partial charge in [-0.2, -0.15) is 0 Å². The van der Waals surface area contributed by atoms with Crippen LogP contribution in [0.3, 0.4) is 0 Å². The molecule has 114 valence electrons. The molecule has 0 bridgehead atoms. The smallest absolute Gasteiger partial charge is 0.417 e. The Morgan fingerprint density at radius 1 is 1.33 bits per heavy atom. The molecule has 0 saturated heterocycles. The fourth-order valence-electron chi connectivity index (χ4n) is 2.19. The van der Waals surface area contributed by atoms with E-state index >= 15 is 0 Å². The van der Waals surface area contributed by atoms with Gasteiger partial charge in [-0.25, -0.2) is 9.69 Å². The summed E-state index contributed by atoms with van der Waals surface area (Å²) in [5.74, 6) is -0.0915. The Morgan fingerprint density at radius 3 is 2.48 bits per heavy atom. The average molecular weight is 293 g/mol. The molecule has 1 aliphatic rings. The second kappa shape index (κ2) is 4.73. The van der Waals surface area contributed by atoms with Crippen LogP contribution in [0.1, 0.15) is 38.1 Å². The number of Topliss-reactive ketones (excluding diaryl/α,β-unsaturated/α-hetero) is 1. The predicted molar refractivity (Wildman–Crippen MR) is 76.7 cm³/mol. The van der Waals surface area contributed by atoms with E-state index in [2.05, 4.69) is 0 Å².